The fraction of sp³-hybridized carbons (Fsp3) is 0.176. The molecule has 146 valence electrons. The minimum Gasteiger partial charge on any atom is -0.477 e. The molecule has 1 N–H and O–H groups in total. The summed E-state index contributed by atoms with van der Waals surface area (Å²) in [6, 6.07) is 1.18. The molecule has 0 atom stereocenters. The number of pyridine rings is 2. The van der Waals surface area contributed by atoms with Crippen molar-refractivity contribution < 1.29 is 14.3 Å². The molecule has 12 heteroatoms. The fourth-order valence-corrected chi connectivity index (χ4v) is 3.82. The van der Waals surface area contributed by atoms with Crippen LogP contribution < -0.4 is 10.3 Å². The Balaban J connectivity index is 1.64. The van der Waals surface area contributed by atoms with Gasteiger partial charge in [-0.05, 0) is 6.07 Å². The molecule has 1 saturated heterocycles. The van der Waals surface area contributed by atoms with E-state index in [0.717, 1.165) is 23.8 Å². The van der Waals surface area contributed by atoms with Gasteiger partial charge < -0.3 is 14.6 Å². The third-order valence-corrected chi connectivity index (χ3v) is 5.47. The van der Waals surface area contributed by atoms with Crippen LogP contribution in [0, 0.1) is 5.82 Å². The monoisotopic (exact) mass is 413 g/mol. The number of carboxylic acids is 1. The predicted molar refractivity (Wildman–Crippen MR) is 101 cm³/mol. The molecule has 1 fully saturated rings. The molecule has 0 saturated carbocycles. The number of carbonyl (C=O) groups is 1. The topological polar surface area (TPSA) is 119 Å². The first kappa shape index (κ1) is 17.4. The van der Waals surface area contributed by atoms with Crippen LogP contribution in [0.25, 0.3) is 16.2 Å². The Morgan fingerprint density at radius 1 is 1.34 bits per heavy atom. The Kier molecular flexibility index (Phi) is 3.87. The molecule has 0 radical (unpaired) electrons. The smallest absolute Gasteiger partial charge is 0.341 e. The van der Waals surface area contributed by atoms with Crippen LogP contribution in [0.2, 0.25) is 0 Å². The summed E-state index contributed by atoms with van der Waals surface area (Å²) >= 11 is 1.00. The second kappa shape index (κ2) is 6.44. The first-order chi connectivity index (χ1) is 14.0. The van der Waals surface area contributed by atoms with E-state index in [-0.39, 0.29) is 22.9 Å². The summed E-state index contributed by atoms with van der Waals surface area (Å²) in [6.07, 6.45) is 7.67. The number of nitrogens with zero attached hydrogens (tertiary/aromatic N) is 7. The molecule has 0 bridgehead atoms. The Morgan fingerprint density at radius 3 is 2.83 bits per heavy atom. The summed E-state index contributed by atoms with van der Waals surface area (Å²) in [4.78, 5) is 38.2. The molecule has 1 aliphatic rings. The van der Waals surface area contributed by atoms with Gasteiger partial charge in [0.25, 0.3) is 0 Å². The van der Waals surface area contributed by atoms with Crippen molar-refractivity contribution >= 4 is 34.4 Å². The maximum absolute atomic E-state index is 14.8. The third-order valence-electron chi connectivity index (χ3n) is 4.81. The van der Waals surface area contributed by atoms with Crippen molar-refractivity contribution in [2.24, 2.45) is 0 Å². The molecule has 29 heavy (non-hydrogen) atoms. The molecule has 0 aromatic carbocycles. The number of aromatic nitrogens is 6. The van der Waals surface area contributed by atoms with Crippen molar-refractivity contribution in [2.45, 2.75) is 6.04 Å². The zero-order valence-corrected chi connectivity index (χ0v) is 15.5. The van der Waals surface area contributed by atoms with Gasteiger partial charge in [0, 0.05) is 43.2 Å². The van der Waals surface area contributed by atoms with Gasteiger partial charge in [-0.15, -0.1) is 0 Å². The predicted octanol–water partition coefficient (Wildman–Crippen LogP) is 1.33. The van der Waals surface area contributed by atoms with Crippen molar-refractivity contribution in [3.63, 3.8) is 0 Å². The van der Waals surface area contributed by atoms with Crippen LogP contribution in [0.4, 0.5) is 10.2 Å². The summed E-state index contributed by atoms with van der Waals surface area (Å²) < 4.78 is 22.0. The highest BCUT2D eigenvalue weighted by molar-refractivity contribution is 7.08. The molecule has 0 aliphatic carbocycles. The molecule has 0 amide bonds. The summed E-state index contributed by atoms with van der Waals surface area (Å²) in [5.41, 5.74) is -1.17. The molecule has 5 rings (SSSR count). The van der Waals surface area contributed by atoms with Gasteiger partial charge in [0.05, 0.1) is 17.8 Å². The summed E-state index contributed by atoms with van der Waals surface area (Å²) in [6.45, 7) is 1.06. The Morgan fingerprint density at radius 2 is 2.17 bits per heavy atom. The SMILES string of the molecule is O=C(O)c1cn(-c2ncns2)c2nc(N3CC(n4ccnc4)C3)c(F)cc2c1=O. The third kappa shape index (κ3) is 2.76. The number of anilines is 1. The van der Waals surface area contributed by atoms with Crippen molar-refractivity contribution in [1.82, 2.24) is 28.5 Å². The highest BCUT2D eigenvalue weighted by Crippen LogP contribution is 2.30. The molecule has 0 unspecified atom stereocenters. The standard InChI is InChI=1S/C17H12FN7O3S/c18-12-3-10-13(26)11(16(27)28)6-25(17-20-7-21-29-17)14(10)22-15(12)24-4-9(5-24)23-2-1-19-8-23/h1-3,6-9H,4-5H2,(H,27,28). The van der Waals surface area contributed by atoms with Gasteiger partial charge in [0.1, 0.15) is 11.9 Å². The van der Waals surface area contributed by atoms with Crippen LogP contribution in [-0.2, 0) is 0 Å². The average Bonchev–Trinajstić information content (AvgIpc) is 3.35. The summed E-state index contributed by atoms with van der Waals surface area (Å²) in [5, 5.41) is 9.54. The quantitative estimate of drug-likeness (QED) is 0.532. The van der Waals surface area contributed by atoms with Gasteiger partial charge >= 0.3 is 5.97 Å². The van der Waals surface area contributed by atoms with E-state index in [9.17, 15) is 19.1 Å². The van der Waals surface area contributed by atoms with Crippen LogP contribution in [-0.4, -0.2) is 52.6 Å². The normalized spacial score (nSPS) is 14.3. The first-order valence-electron chi connectivity index (χ1n) is 8.51. The second-order valence-corrected chi connectivity index (χ2v) is 7.26. The summed E-state index contributed by atoms with van der Waals surface area (Å²) in [5.74, 6) is -2.01. The lowest BCUT2D eigenvalue weighted by Crippen LogP contribution is -2.48. The van der Waals surface area contributed by atoms with Gasteiger partial charge in [-0.3, -0.25) is 9.36 Å². The number of carboxylic acid groups (broad SMARTS) is 1. The van der Waals surface area contributed by atoms with Crippen LogP contribution >= 0.6 is 11.5 Å². The van der Waals surface area contributed by atoms with E-state index in [1.807, 2.05) is 10.8 Å². The lowest BCUT2D eigenvalue weighted by atomic mass is 10.1. The lowest BCUT2D eigenvalue weighted by Gasteiger charge is -2.40. The number of rotatable bonds is 4. The first-order valence-corrected chi connectivity index (χ1v) is 9.29. The van der Waals surface area contributed by atoms with Crippen molar-refractivity contribution in [2.75, 3.05) is 18.0 Å². The highest BCUT2D eigenvalue weighted by atomic mass is 32.1. The highest BCUT2D eigenvalue weighted by Gasteiger charge is 2.31. The molecule has 1 aliphatic heterocycles. The molecule has 0 spiro atoms. The maximum atomic E-state index is 14.8. The lowest BCUT2D eigenvalue weighted by molar-refractivity contribution is 0.0695. The van der Waals surface area contributed by atoms with E-state index in [1.54, 1.807) is 17.4 Å². The Hall–Kier alpha value is -3.67. The van der Waals surface area contributed by atoms with Gasteiger partial charge in [-0.2, -0.15) is 4.37 Å². The van der Waals surface area contributed by atoms with Crippen molar-refractivity contribution in [3.8, 4) is 5.13 Å². The van der Waals surface area contributed by atoms with Crippen LogP contribution in [0.1, 0.15) is 16.4 Å². The van der Waals surface area contributed by atoms with Gasteiger partial charge in [0.2, 0.25) is 10.6 Å². The van der Waals surface area contributed by atoms with E-state index >= 15 is 0 Å². The van der Waals surface area contributed by atoms with E-state index in [4.69, 9.17) is 0 Å². The zero-order chi connectivity index (χ0) is 20.1. The van der Waals surface area contributed by atoms with Crippen molar-refractivity contribution in [1.29, 1.82) is 0 Å². The Labute approximate surface area is 165 Å². The van der Waals surface area contributed by atoms with Gasteiger partial charge in [-0.25, -0.2) is 24.1 Å². The zero-order valence-electron chi connectivity index (χ0n) is 14.6. The molecule has 10 nitrogen and oxygen atoms in total. The number of hydrogen-bond acceptors (Lipinski definition) is 8. The van der Waals surface area contributed by atoms with Gasteiger partial charge in [-0.1, -0.05) is 0 Å². The second-order valence-electron chi connectivity index (χ2n) is 6.50. The summed E-state index contributed by atoms with van der Waals surface area (Å²) in [7, 11) is 0. The Bertz CT molecular complexity index is 1280. The van der Waals surface area contributed by atoms with E-state index in [0.29, 0.717) is 18.2 Å². The van der Waals surface area contributed by atoms with Crippen LogP contribution in [0.15, 0.2) is 42.1 Å². The van der Waals surface area contributed by atoms with Crippen LogP contribution in [0.3, 0.4) is 0 Å². The van der Waals surface area contributed by atoms with E-state index in [1.165, 1.54) is 10.9 Å². The maximum Gasteiger partial charge on any atom is 0.341 e. The van der Waals surface area contributed by atoms with Crippen molar-refractivity contribution in [3.05, 3.63) is 58.9 Å². The number of fused-ring (bicyclic) bond motifs is 1. The average molecular weight is 413 g/mol. The fourth-order valence-electron chi connectivity index (χ4n) is 3.31. The molecule has 5 heterocycles. The number of aromatic carboxylic acids is 1. The minimum atomic E-state index is -1.41. The largest absolute Gasteiger partial charge is 0.477 e. The van der Waals surface area contributed by atoms with Crippen LogP contribution in [0.5, 0.6) is 0 Å². The number of hydrogen-bond donors (Lipinski definition) is 1. The minimum absolute atomic E-state index is 0.0922. The molecular weight excluding hydrogens is 401 g/mol. The molecule has 4 aromatic rings. The van der Waals surface area contributed by atoms with E-state index < -0.39 is 22.8 Å². The molecule has 4 aromatic heterocycles. The van der Waals surface area contributed by atoms with Gasteiger partial charge in [0.15, 0.2) is 17.3 Å². The number of halogens is 1. The molecular formula is C17H12FN7O3S. The number of imidazole rings is 1. The van der Waals surface area contributed by atoms with E-state index in [2.05, 4.69) is 19.3 Å².